The zero-order valence-corrected chi connectivity index (χ0v) is 12.3. The first-order valence-electron chi connectivity index (χ1n) is 5.65. The highest BCUT2D eigenvalue weighted by Gasteiger charge is 2.22. The summed E-state index contributed by atoms with van der Waals surface area (Å²) in [7, 11) is 0. The molecule has 0 aliphatic heterocycles. The smallest absolute Gasteiger partial charge is 0.175 e. The van der Waals surface area contributed by atoms with Gasteiger partial charge in [0.1, 0.15) is 0 Å². The highest BCUT2D eigenvalue weighted by Crippen LogP contribution is 2.36. The van der Waals surface area contributed by atoms with Crippen LogP contribution in [-0.4, -0.2) is 5.08 Å². The van der Waals surface area contributed by atoms with Crippen molar-refractivity contribution in [2.45, 2.75) is 9.79 Å². The van der Waals surface area contributed by atoms with Crippen LogP contribution in [0.15, 0.2) is 21.9 Å². The summed E-state index contributed by atoms with van der Waals surface area (Å²) in [4.78, 5) is -2.10. The van der Waals surface area contributed by atoms with Gasteiger partial charge in [-0.25, -0.2) is 35.1 Å². The van der Waals surface area contributed by atoms with Gasteiger partial charge in [-0.2, -0.15) is 0 Å². The molecule has 0 unspecified atom stereocenters. The summed E-state index contributed by atoms with van der Waals surface area (Å²) < 4.78 is 105. The van der Waals surface area contributed by atoms with Gasteiger partial charge in [-0.15, -0.1) is 23.5 Å². The van der Waals surface area contributed by atoms with Gasteiger partial charge < -0.3 is 0 Å². The molecule has 0 aliphatic carbocycles. The van der Waals surface area contributed by atoms with E-state index in [1.807, 2.05) is 0 Å². The highest BCUT2D eigenvalue weighted by molar-refractivity contribution is 8.16. The van der Waals surface area contributed by atoms with E-state index < -0.39 is 61.4 Å². The number of hydrogen-bond acceptors (Lipinski definition) is 2. The Bertz CT molecular complexity index is 647. The lowest BCUT2D eigenvalue weighted by molar-refractivity contribution is 0.425. The molecule has 0 N–H and O–H groups in total. The first kappa shape index (κ1) is 17.9. The molecule has 0 radical (unpaired) electrons. The fourth-order valence-electron chi connectivity index (χ4n) is 1.50. The van der Waals surface area contributed by atoms with E-state index in [1.54, 1.807) is 0 Å². The lowest BCUT2D eigenvalue weighted by Gasteiger charge is -2.08. The number of halogens is 8. The maximum atomic E-state index is 13.4. The summed E-state index contributed by atoms with van der Waals surface area (Å²) in [5.41, 5.74) is 0. The molecule has 0 saturated heterocycles. The van der Waals surface area contributed by atoms with E-state index >= 15 is 0 Å². The summed E-state index contributed by atoms with van der Waals surface area (Å²) in [5, 5.41) is -0.562. The number of thioether (sulfide) groups is 2. The first-order chi connectivity index (χ1) is 10.7. The second-order valence-corrected chi connectivity index (χ2v) is 6.34. The zero-order valence-electron chi connectivity index (χ0n) is 10.7. The number of benzene rings is 2. The molecule has 0 amide bonds. The lowest BCUT2D eigenvalue weighted by Crippen LogP contribution is -1.99. The van der Waals surface area contributed by atoms with E-state index in [0.717, 1.165) is 0 Å². The van der Waals surface area contributed by atoms with Crippen molar-refractivity contribution in [1.29, 1.82) is 0 Å². The van der Waals surface area contributed by atoms with Gasteiger partial charge >= 0.3 is 0 Å². The van der Waals surface area contributed by atoms with E-state index in [4.69, 9.17) is 0 Å². The minimum absolute atomic E-state index is 0.00313. The molecule has 10 heteroatoms. The van der Waals surface area contributed by atoms with Crippen LogP contribution >= 0.6 is 23.5 Å². The zero-order chi connectivity index (χ0) is 17.3. The molecule has 0 spiro atoms. The van der Waals surface area contributed by atoms with Gasteiger partial charge in [0.25, 0.3) is 0 Å². The molecule has 0 bridgehead atoms. The molecule has 0 saturated carbocycles. The summed E-state index contributed by atoms with van der Waals surface area (Å²) >= 11 is 0.361. The molecule has 0 atom stereocenters. The van der Waals surface area contributed by atoms with Gasteiger partial charge in [-0.1, -0.05) is 0 Å². The largest absolute Gasteiger partial charge is 0.204 e. The summed E-state index contributed by atoms with van der Waals surface area (Å²) in [5.74, 6) is -13.3. The van der Waals surface area contributed by atoms with Gasteiger partial charge in [0.15, 0.2) is 46.5 Å². The average Bonchev–Trinajstić information content (AvgIpc) is 2.49. The lowest BCUT2D eigenvalue weighted by atomic mass is 10.3. The van der Waals surface area contributed by atoms with Crippen LogP contribution in [0.4, 0.5) is 35.1 Å². The molecule has 23 heavy (non-hydrogen) atoms. The molecular weight excluding hydrogens is 372 g/mol. The Morgan fingerprint density at radius 1 is 0.522 bits per heavy atom. The highest BCUT2D eigenvalue weighted by atomic mass is 32.2. The number of hydrogen-bond donors (Lipinski definition) is 0. The molecule has 0 heterocycles. The van der Waals surface area contributed by atoms with Crippen molar-refractivity contribution < 1.29 is 35.1 Å². The van der Waals surface area contributed by atoms with Crippen LogP contribution < -0.4 is 0 Å². The Kier molecular flexibility index (Phi) is 5.45. The van der Waals surface area contributed by atoms with Crippen LogP contribution in [-0.2, 0) is 0 Å². The fraction of sp³-hybridized carbons (Fsp3) is 0.0769. The molecule has 124 valence electrons. The summed E-state index contributed by atoms with van der Waals surface area (Å²) in [6.45, 7) is 0. The number of rotatable bonds is 4. The topological polar surface area (TPSA) is 0 Å². The van der Waals surface area contributed by atoms with Gasteiger partial charge in [0, 0.05) is 17.2 Å². The predicted octanol–water partition coefficient (Wildman–Crippen LogP) is 5.64. The monoisotopic (exact) mass is 376 g/mol. The fourth-order valence-corrected chi connectivity index (χ4v) is 3.58. The van der Waals surface area contributed by atoms with Crippen LogP contribution in [0.3, 0.4) is 0 Å². The molecule has 0 nitrogen and oxygen atoms in total. The maximum absolute atomic E-state index is 13.4. The van der Waals surface area contributed by atoms with Crippen LogP contribution in [0, 0.1) is 46.5 Å². The van der Waals surface area contributed by atoms with Crippen molar-refractivity contribution >= 4 is 23.5 Å². The van der Waals surface area contributed by atoms with Crippen LogP contribution in [0.5, 0.6) is 0 Å². The third-order valence-corrected chi connectivity index (χ3v) is 4.79. The van der Waals surface area contributed by atoms with Crippen molar-refractivity contribution in [2.24, 2.45) is 0 Å². The third-order valence-electron chi connectivity index (χ3n) is 2.55. The average molecular weight is 376 g/mol. The van der Waals surface area contributed by atoms with E-state index in [2.05, 4.69) is 0 Å². The van der Waals surface area contributed by atoms with Crippen LogP contribution in [0.1, 0.15) is 0 Å². The standard InChI is InChI=1S/C13H4F8S2/c14-4-1-5(15)9(19)12(8(4)18)22-3-23-13-10(20)6(16)2-7(17)11(13)21/h1-2H,3H2. The van der Waals surface area contributed by atoms with E-state index in [9.17, 15) is 35.1 Å². The normalized spacial score (nSPS) is 11.1. The minimum Gasteiger partial charge on any atom is -0.204 e. The molecule has 0 fully saturated rings. The SMILES string of the molecule is Fc1cc(F)c(F)c(SCSc2c(F)c(F)cc(F)c2F)c1F. The van der Waals surface area contributed by atoms with E-state index in [1.165, 1.54) is 0 Å². The Morgan fingerprint density at radius 3 is 1.04 bits per heavy atom. The van der Waals surface area contributed by atoms with Crippen molar-refractivity contribution in [1.82, 2.24) is 0 Å². The predicted molar refractivity (Wildman–Crippen MR) is 69.1 cm³/mol. The van der Waals surface area contributed by atoms with Crippen LogP contribution in [0.2, 0.25) is 0 Å². The Labute approximate surface area is 132 Å². The third kappa shape index (κ3) is 3.57. The maximum Gasteiger partial charge on any atom is 0.175 e. The molecule has 2 aromatic rings. The summed E-state index contributed by atoms with van der Waals surface area (Å²) in [6, 6.07) is 0.00626. The van der Waals surface area contributed by atoms with Crippen molar-refractivity contribution in [2.75, 3.05) is 5.08 Å². The van der Waals surface area contributed by atoms with Crippen molar-refractivity contribution in [3.8, 4) is 0 Å². The van der Waals surface area contributed by atoms with Crippen molar-refractivity contribution in [3.63, 3.8) is 0 Å². The Morgan fingerprint density at radius 2 is 0.783 bits per heavy atom. The Hall–Kier alpha value is -1.42. The van der Waals surface area contributed by atoms with Crippen LogP contribution in [0.25, 0.3) is 0 Å². The molecular formula is C13H4F8S2. The van der Waals surface area contributed by atoms with E-state index in [-0.39, 0.29) is 35.7 Å². The van der Waals surface area contributed by atoms with Gasteiger partial charge in [0.2, 0.25) is 0 Å². The second-order valence-electron chi connectivity index (χ2n) is 4.00. The quantitative estimate of drug-likeness (QED) is 0.293. The summed E-state index contributed by atoms with van der Waals surface area (Å²) in [6.07, 6.45) is 0. The van der Waals surface area contributed by atoms with Gasteiger partial charge in [-0.05, 0) is 0 Å². The molecule has 0 aromatic heterocycles. The van der Waals surface area contributed by atoms with Crippen molar-refractivity contribution in [3.05, 3.63) is 58.7 Å². The first-order valence-corrected chi connectivity index (χ1v) is 7.62. The van der Waals surface area contributed by atoms with Gasteiger partial charge in [0.05, 0.1) is 9.79 Å². The minimum atomic E-state index is -1.68. The molecule has 0 aliphatic rings. The molecule has 2 aromatic carbocycles. The van der Waals surface area contributed by atoms with E-state index in [0.29, 0.717) is 0 Å². The molecule has 2 rings (SSSR count). The van der Waals surface area contributed by atoms with Gasteiger partial charge in [-0.3, -0.25) is 0 Å². The Balaban J connectivity index is 2.22. The second kappa shape index (κ2) is 7.00.